The summed E-state index contributed by atoms with van der Waals surface area (Å²) < 4.78 is 29.0. The number of nitrogens with two attached hydrogens (primary N) is 1. The minimum Gasteiger partial charge on any atom is -0.399 e. The highest BCUT2D eigenvalue weighted by molar-refractivity contribution is 6.62. The predicted octanol–water partition coefficient (Wildman–Crippen LogP) is 4.74. The quantitative estimate of drug-likeness (QED) is 0.526. The van der Waals surface area contributed by atoms with E-state index in [1.54, 1.807) is 12.1 Å². The fraction of sp³-hybridized carbons (Fsp3) is 0.483. The average Bonchev–Trinajstić information content (AvgIpc) is 3.22. The third-order valence-corrected chi connectivity index (χ3v) is 8.90. The van der Waals surface area contributed by atoms with Gasteiger partial charge in [0.25, 0.3) is 0 Å². The van der Waals surface area contributed by atoms with Gasteiger partial charge in [-0.15, -0.1) is 0 Å². The Morgan fingerprint density at radius 1 is 1.14 bits per heavy atom. The van der Waals surface area contributed by atoms with Crippen LogP contribution in [0.25, 0.3) is 10.9 Å². The lowest BCUT2D eigenvalue weighted by molar-refractivity contribution is -0.129. The number of nitrogens with zero attached hydrogens (tertiary/aromatic N) is 1. The Bertz CT molecular complexity index is 1330. The average molecular weight is 490 g/mol. The first kappa shape index (κ1) is 25.0. The van der Waals surface area contributed by atoms with E-state index in [2.05, 4.69) is 50.5 Å². The number of aromatic nitrogens is 1. The molecule has 0 radical (unpaired) electrons. The molecule has 1 amide bonds. The monoisotopic (exact) mass is 490 g/mol. The Balaban J connectivity index is 1.61. The van der Waals surface area contributed by atoms with Crippen molar-refractivity contribution in [3.05, 3.63) is 65.1 Å². The summed E-state index contributed by atoms with van der Waals surface area (Å²) in [6.45, 7) is 12.7. The van der Waals surface area contributed by atoms with Crippen LogP contribution in [0.1, 0.15) is 64.8 Å². The molecule has 0 spiro atoms. The summed E-state index contributed by atoms with van der Waals surface area (Å²) in [6, 6.07) is 13.2. The zero-order valence-corrected chi connectivity index (χ0v) is 22.2. The number of carbonyl (C=O) groups is 1. The van der Waals surface area contributed by atoms with Gasteiger partial charge in [0.05, 0.1) is 11.2 Å². The van der Waals surface area contributed by atoms with E-state index in [-0.39, 0.29) is 17.6 Å². The molecule has 3 aromatic rings. The Kier molecular flexibility index (Phi) is 5.88. The van der Waals surface area contributed by atoms with Crippen LogP contribution in [0.15, 0.2) is 42.5 Å². The molecule has 2 aromatic carbocycles. The third kappa shape index (κ3) is 4.06. The maximum Gasteiger partial charge on any atom is 0.494 e. The Labute approximate surface area is 213 Å². The van der Waals surface area contributed by atoms with E-state index in [9.17, 15) is 9.18 Å². The maximum atomic E-state index is 14.0. The minimum atomic E-state index is -0.599. The first-order valence-electron chi connectivity index (χ1n) is 12.8. The van der Waals surface area contributed by atoms with Crippen molar-refractivity contribution in [2.75, 3.05) is 0 Å². The van der Waals surface area contributed by atoms with Crippen LogP contribution in [0, 0.1) is 17.2 Å². The summed E-state index contributed by atoms with van der Waals surface area (Å²) >= 11 is 0. The van der Waals surface area contributed by atoms with Crippen LogP contribution < -0.4 is 11.2 Å². The number of fused-ring (bicyclic) bond motifs is 3. The van der Waals surface area contributed by atoms with Gasteiger partial charge in [0.15, 0.2) is 0 Å². The van der Waals surface area contributed by atoms with Gasteiger partial charge in [0.2, 0.25) is 5.91 Å². The number of halogens is 1. The van der Waals surface area contributed by atoms with Crippen molar-refractivity contribution in [3.8, 4) is 0 Å². The molecule has 1 saturated heterocycles. The molecule has 1 unspecified atom stereocenters. The molecule has 7 heteroatoms. The van der Waals surface area contributed by atoms with Gasteiger partial charge in [-0.1, -0.05) is 38.1 Å². The van der Waals surface area contributed by atoms with Crippen molar-refractivity contribution in [2.45, 2.75) is 78.6 Å². The van der Waals surface area contributed by atoms with E-state index in [0.29, 0.717) is 6.54 Å². The Hall–Kier alpha value is -2.64. The summed E-state index contributed by atoms with van der Waals surface area (Å²) in [6.07, 6.45) is 2.49. The number of amides is 1. The summed E-state index contributed by atoms with van der Waals surface area (Å²) in [5.74, 6) is -0.349. The van der Waals surface area contributed by atoms with Crippen molar-refractivity contribution in [2.24, 2.45) is 17.1 Å². The smallest absolute Gasteiger partial charge is 0.399 e. The topological polar surface area (TPSA) is 66.5 Å². The molecule has 1 fully saturated rings. The molecule has 2 aliphatic rings. The lowest BCUT2D eigenvalue weighted by Gasteiger charge is -2.35. The van der Waals surface area contributed by atoms with E-state index < -0.39 is 23.7 Å². The van der Waals surface area contributed by atoms with Crippen LogP contribution in [-0.4, -0.2) is 28.8 Å². The molecule has 2 N–H and O–H groups in total. The van der Waals surface area contributed by atoms with Gasteiger partial charge in [-0.3, -0.25) is 4.79 Å². The molecule has 1 aliphatic carbocycles. The molecule has 1 aromatic heterocycles. The zero-order chi connectivity index (χ0) is 26.0. The van der Waals surface area contributed by atoms with Gasteiger partial charge < -0.3 is 19.6 Å². The van der Waals surface area contributed by atoms with E-state index in [1.807, 2.05) is 19.9 Å². The third-order valence-electron chi connectivity index (χ3n) is 8.90. The molecule has 190 valence electrons. The molecule has 5 nitrogen and oxygen atoms in total. The van der Waals surface area contributed by atoms with Crippen LogP contribution in [0.2, 0.25) is 0 Å². The van der Waals surface area contributed by atoms with Crippen molar-refractivity contribution < 1.29 is 18.5 Å². The second-order valence-electron chi connectivity index (χ2n) is 12.0. The van der Waals surface area contributed by atoms with Crippen molar-refractivity contribution >= 4 is 29.4 Å². The van der Waals surface area contributed by atoms with Crippen molar-refractivity contribution in [3.63, 3.8) is 0 Å². The maximum absolute atomic E-state index is 14.0. The predicted molar refractivity (Wildman–Crippen MR) is 142 cm³/mol. The molecule has 2 heterocycles. The summed E-state index contributed by atoms with van der Waals surface area (Å²) in [7, 11) is -0.455. The van der Waals surface area contributed by atoms with Gasteiger partial charge in [-0.2, -0.15) is 0 Å². The first-order valence-corrected chi connectivity index (χ1v) is 12.8. The molecule has 0 saturated carbocycles. The zero-order valence-electron chi connectivity index (χ0n) is 22.2. The Morgan fingerprint density at radius 3 is 2.47 bits per heavy atom. The number of benzene rings is 2. The molecular formula is C29H36BFN2O3. The molecule has 0 bridgehead atoms. The fourth-order valence-electron chi connectivity index (χ4n) is 5.61. The number of rotatable bonds is 5. The van der Waals surface area contributed by atoms with Crippen LogP contribution in [0.4, 0.5) is 4.39 Å². The largest absolute Gasteiger partial charge is 0.494 e. The van der Waals surface area contributed by atoms with Crippen LogP contribution >= 0.6 is 0 Å². The van der Waals surface area contributed by atoms with Crippen LogP contribution in [0.5, 0.6) is 0 Å². The lowest BCUT2D eigenvalue weighted by atomic mass is 9.69. The van der Waals surface area contributed by atoms with E-state index in [4.69, 9.17) is 15.0 Å². The molecule has 36 heavy (non-hydrogen) atoms. The van der Waals surface area contributed by atoms with Gasteiger partial charge >= 0.3 is 7.12 Å². The van der Waals surface area contributed by atoms with Crippen molar-refractivity contribution in [1.82, 2.24) is 4.57 Å². The SMILES string of the molecule is CC(C)(C(N)=O)C1CCc2c(c3cc(B4OC(C)(C)C(C)(C)O4)ccc3n2Cc2cccc(F)c2)C1. The normalized spacial score (nSPS) is 21.1. The second-order valence-corrected chi connectivity index (χ2v) is 12.0. The van der Waals surface area contributed by atoms with Crippen LogP contribution in [-0.2, 0) is 33.5 Å². The van der Waals surface area contributed by atoms with Gasteiger partial charge in [-0.05, 0) is 87.7 Å². The van der Waals surface area contributed by atoms with Crippen LogP contribution in [0.3, 0.4) is 0 Å². The Morgan fingerprint density at radius 2 is 1.83 bits per heavy atom. The molecule has 1 atom stereocenters. The number of hydrogen-bond donors (Lipinski definition) is 1. The number of hydrogen-bond acceptors (Lipinski definition) is 3. The van der Waals surface area contributed by atoms with Crippen molar-refractivity contribution in [1.29, 1.82) is 0 Å². The molecule has 1 aliphatic heterocycles. The van der Waals surface area contributed by atoms with E-state index in [1.165, 1.54) is 17.3 Å². The highest BCUT2D eigenvalue weighted by atomic mass is 19.1. The fourth-order valence-corrected chi connectivity index (χ4v) is 5.61. The highest BCUT2D eigenvalue weighted by Gasteiger charge is 2.51. The number of primary amides is 1. The van der Waals surface area contributed by atoms with Gasteiger partial charge in [0.1, 0.15) is 5.82 Å². The van der Waals surface area contributed by atoms with Gasteiger partial charge in [0, 0.05) is 28.6 Å². The molecule has 5 rings (SSSR count). The molecular weight excluding hydrogens is 454 g/mol. The highest BCUT2D eigenvalue weighted by Crippen LogP contribution is 2.42. The lowest BCUT2D eigenvalue weighted by Crippen LogP contribution is -2.41. The van der Waals surface area contributed by atoms with E-state index in [0.717, 1.165) is 41.2 Å². The van der Waals surface area contributed by atoms with Gasteiger partial charge in [-0.25, -0.2) is 4.39 Å². The summed E-state index contributed by atoms with van der Waals surface area (Å²) in [5, 5.41) is 1.14. The first-order chi connectivity index (χ1) is 16.8. The van der Waals surface area contributed by atoms with E-state index >= 15 is 0 Å². The standard InChI is InChI=1S/C29H36BFN2O3/c1-27(2,26(32)34)19-10-12-24-22(15-19)23-16-20(30-35-28(3,4)29(5,6)36-30)11-13-25(23)33(24)17-18-8-7-9-21(31)14-18/h7-9,11,13-14,16,19H,10,12,15,17H2,1-6H3,(H2,32,34). The second kappa shape index (κ2) is 8.46. The summed E-state index contributed by atoms with van der Waals surface area (Å²) in [4.78, 5) is 12.3. The minimum absolute atomic E-state index is 0.149. The number of carbonyl (C=O) groups excluding carboxylic acids is 1. The summed E-state index contributed by atoms with van der Waals surface area (Å²) in [5.41, 5.74) is 9.83.